The molecule has 0 spiro atoms. The Labute approximate surface area is 171 Å². The number of carbonyl (C=O) groups excluding carboxylic acids is 4. The predicted octanol–water partition coefficient (Wildman–Crippen LogP) is -3.24. The third-order valence-electron chi connectivity index (χ3n) is 4.11. The van der Waals surface area contributed by atoms with Gasteiger partial charge < -0.3 is 25.0 Å². The number of carboxylic acids is 1. The average molecular weight is 433 g/mol. The summed E-state index contributed by atoms with van der Waals surface area (Å²) < 4.78 is 10.3. The molecule has 0 aromatic carbocycles. The van der Waals surface area contributed by atoms with Gasteiger partial charge in [-0.2, -0.15) is 0 Å². The van der Waals surface area contributed by atoms with E-state index in [4.69, 9.17) is 15.3 Å². The summed E-state index contributed by atoms with van der Waals surface area (Å²) in [5.41, 5.74) is 6.71. The maximum absolute atomic E-state index is 12.0. The van der Waals surface area contributed by atoms with Gasteiger partial charge in [-0.3, -0.25) is 30.0 Å². The number of hydrogen-bond donors (Lipinski definition) is 7. The fourth-order valence-corrected chi connectivity index (χ4v) is 2.79. The average Bonchev–Trinajstić information content (AvgIpc) is 2.66. The first-order valence-electron chi connectivity index (χ1n) is 9.11. The Morgan fingerprint density at radius 2 is 1.67 bits per heavy atom. The largest absolute Gasteiger partial charge is 0.479 e. The molecule has 0 saturated carbocycles. The third-order valence-corrected chi connectivity index (χ3v) is 4.11. The quantitative estimate of drug-likeness (QED) is 0.0597. The van der Waals surface area contributed by atoms with Crippen LogP contribution in [-0.2, 0) is 33.4 Å². The van der Waals surface area contributed by atoms with Crippen LogP contribution in [-0.4, -0.2) is 70.5 Å². The van der Waals surface area contributed by atoms with Crippen molar-refractivity contribution in [2.45, 2.75) is 70.1 Å². The van der Waals surface area contributed by atoms with E-state index in [-0.39, 0.29) is 18.7 Å². The van der Waals surface area contributed by atoms with Crippen molar-refractivity contribution in [3.05, 3.63) is 0 Å². The number of carboxylic acid groups (broad SMARTS) is 1. The summed E-state index contributed by atoms with van der Waals surface area (Å²) in [6, 6.07) is -1.20. The highest BCUT2D eigenvalue weighted by molar-refractivity contribution is 5.77. The summed E-state index contributed by atoms with van der Waals surface area (Å²) in [5.74, 6) is 1.17. The van der Waals surface area contributed by atoms with E-state index < -0.39 is 54.3 Å². The molecule has 1 rings (SSSR count). The standard InChI is InChI=1S/C16H27N5O9/c1-7(22)18-11-13(29-8(2)23)12(26)14(16(27)28)30-15(11)21-20-10(25)6-4-3-5-9(24)19-17/h11-15,21,26H,3-6,17H2,1-2H3,(H,18,22)(H,19,24)(H,20,25)(H,27,28). The van der Waals surface area contributed by atoms with Crippen molar-refractivity contribution in [1.29, 1.82) is 0 Å². The number of aliphatic hydroxyl groups excluding tert-OH is 1. The monoisotopic (exact) mass is 433 g/mol. The van der Waals surface area contributed by atoms with E-state index in [0.717, 1.165) is 13.8 Å². The van der Waals surface area contributed by atoms with Gasteiger partial charge in [0.1, 0.15) is 18.4 Å². The Kier molecular flexibility index (Phi) is 10.1. The number of rotatable bonds is 10. The maximum atomic E-state index is 12.0. The molecule has 30 heavy (non-hydrogen) atoms. The smallest absolute Gasteiger partial charge is 0.335 e. The lowest BCUT2D eigenvalue weighted by Gasteiger charge is -2.43. The zero-order chi connectivity index (χ0) is 22.8. The number of nitrogens with two attached hydrogens (primary N) is 1. The number of aliphatic hydroxyl groups is 1. The van der Waals surface area contributed by atoms with Crippen LogP contribution in [0.5, 0.6) is 0 Å². The molecule has 0 aliphatic carbocycles. The SMILES string of the molecule is CC(=O)NC1C(NNC(=O)CCCCC(=O)NN)OC(C(=O)O)C(O)C1OC(C)=O. The van der Waals surface area contributed by atoms with Gasteiger partial charge in [0.05, 0.1) is 0 Å². The van der Waals surface area contributed by atoms with E-state index in [9.17, 15) is 34.2 Å². The number of amides is 3. The van der Waals surface area contributed by atoms with Gasteiger partial charge in [0, 0.05) is 26.7 Å². The summed E-state index contributed by atoms with van der Waals surface area (Å²) in [7, 11) is 0. The molecule has 3 amide bonds. The molecule has 170 valence electrons. The molecular formula is C16H27N5O9. The number of nitrogens with one attached hydrogen (secondary N) is 4. The van der Waals surface area contributed by atoms with Crippen LogP contribution < -0.4 is 27.4 Å². The molecule has 0 aromatic rings. The Bertz CT molecular complexity index is 659. The molecule has 14 nitrogen and oxygen atoms in total. The van der Waals surface area contributed by atoms with Gasteiger partial charge in [-0.1, -0.05) is 0 Å². The van der Waals surface area contributed by atoms with Crippen molar-refractivity contribution in [2.75, 3.05) is 0 Å². The minimum Gasteiger partial charge on any atom is -0.479 e. The van der Waals surface area contributed by atoms with Gasteiger partial charge in [-0.05, 0) is 12.8 Å². The number of esters is 1. The van der Waals surface area contributed by atoms with E-state index in [1.807, 2.05) is 5.43 Å². The minimum absolute atomic E-state index is 0.0285. The van der Waals surface area contributed by atoms with Crippen LogP contribution >= 0.6 is 0 Å². The molecule has 5 unspecified atom stereocenters. The second-order valence-electron chi connectivity index (χ2n) is 6.57. The van der Waals surface area contributed by atoms with E-state index in [0.29, 0.717) is 12.8 Å². The molecule has 1 fully saturated rings. The molecule has 8 N–H and O–H groups in total. The Balaban J connectivity index is 2.79. The molecule has 0 radical (unpaired) electrons. The molecule has 1 saturated heterocycles. The van der Waals surface area contributed by atoms with E-state index >= 15 is 0 Å². The van der Waals surface area contributed by atoms with Crippen LogP contribution in [0.4, 0.5) is 0 Å². The lowest BCUT2D eigenvalue weighted by Crippen LogP contribution is -2.70. The number of hydrazine groups is 2. The second kappa shape index (κ2) is 12.0. The fraction of sp³-hybridized carbons (Fsp3) is 0.688. The molecule has 1 aliphatic rings. The molecule has 1 heterocycles. The first-order chi connectivity index (χ1) is 14.1. The maximum Gasteiger partial charge on any atom is 0.335 e. The zero-order valence-corrected chi connectivity index (χ0v) is 16.5. The second-order valence-corrected chi connectivity index (χ2v) is 6.57. The first kappa shape index (κ1) is 25.2. The topological polar surface area (TPSA) is 218 Å². The Morgan fingerprint density at radius 3 is 2.17 bits per heavy atom. The van der Waals surface area contributed by atoms with Crippen molar-refractivity contribution in [3.63, 3.8) is 0 Å². The molecule has 14 heteroatoms. The van der Waals surface area contributed by atoms with E-state index in [1.165, 1.54) is 0 Å². The highest BCUT2D eigenvalue weighted by Gasteiger charge is 2.50. The van der Waals surface area contributed by atoms with Crippen LogP contribution in [0.2, 0.25) is 0 Å². The lowest BCUT2D eigenvalue weighted by molar-refractivity contribution is -0.218. The normalized spacial score (nSPS) is 25.7. The minimum atomic E-state index is -1.79. The van der Waals surface area contributed by atoms with Crippen molar-refractivity contribution >= 4 is 29.7 Å². The van der Waals surface area contributed by atoms with Crippen molar-refractivity contribution in [1.82, 2.24) is 21.6 Å². The van der Waals surface area contributed by atoms with Gasteiger partial charge in [-0.25, -0.2) is 16.1 Å². The molecular weight excluding hydrogens is 406 g/mol. The number of aliphatic carboxylic acids is 1. The fourth-order valence-electron chi connectivity index (χ4n) is 2.79. The van der Waals surface area contributed by atoms with Gasteiger partial charge in [0.2, 0.25) is 17.7 Å². The van der Waals surface area contributed by atoms with Gasteiger partial charge >= 0.3 is 11.9 Å². The highest BCUT2D eigenvalue weighted by Crippen LogP contribution is 2.23. The highest BCUT2D eigenvalue weighted by atomic mass is 16.6. The Morgan fingerprint density at radius 1 is 1.07 bits per heavy atom. The molecule has 0 bridgehead atoms. The molecule has 0 aromatic heterocycles. The van der Waals surface area contributed by atoms with Crippen LogP contribution in [0, 0.1) is 0 Å². The number of carbonyl (C=O) groups is 5. The van der Waals surface area contributed by atoms with Gasteiger partial charge in [-0.15, -0.1) is 0 Å². The first-order valence-corrected chi connectivity index (χ1v) is 9.11. The van der Waals surface area contributed by atoms with E-state index in [1.54, 1.807) is 0 Å². The van der Waals surface area contributed by atoms with Crippen LogP contribution in [0.1, 0.15) is 39.5 Å². The third kappa shape index (κ3) is 7.90. The Hall–Kier alpha value is -2.81. The molecule has 1 aliphatic heterocycles. The number of ether oxygens (including phenoxy) is 2. The van der Waals surface area contributed by atoms with Crippen LogP contribution in [0.3, 0.4) is 0 Å². The summed E-state index contributed by atoms with van der Waals surface area (Å²) in [4.78, 5) is 57.3. The summed E-state index contributed by atoms with van der Waals surface area (Å²) in [6.07, 6.45) is -5.40. The number of unbranched alkanes of at least 4 members (excludes halogenated alkanes) is 1. The van der Waals surface area contributed by atoms with Crippen molar-refractivity contribution in [3.8, 4) is 0 Å². The van der Waals surface area contributed by atoms with E-state index in [2.05, 4.69) is 16.2 Å². The zero-order valence-electron chi connectivity index (χ0n) is 16.5. The van der Waals surface area contributed by atoms with Crippen molar-refractivity contribution < 1.29 is 43.7 Å². The van der Waals surface area contributed by atoms with Crippen molar-refractivity contribution in [2.24, 2.45) is 5.84 Å². The summed E-state index contributed by atoms with van der Waals surface area (Å²) in [5, 5.41) is 21.9. The van der Waals surface area contributed by atoms with Gasteiger partial charge in [0.15, 0.2) is 12.2 Å². The lowest BCUT2D eigenvalue weighted by atomic mass is 9.95. The number of hydrogen-bond acceptors (Lipinski definition) is 10. The summed E-state index contributed by atoms with van der Waals surface area (Å²) in [6.45, 7) is 2.21. The van der Waals surface area contributed by atoms with Crippen LogP contribution in [0.25, 0.3) is 0 Å². The van der Waals surface area contributed by atoms with Crippen LogP contribution in [0.15, 0.2) is 0 Å². The van der Waals surface area contributed by atoms with Gasteiger partial charge in [0.25, 0.3) is 0 Å². The summed E-state index contributed by atoms with van der Waals surface area (Å²) >= 11 is 0. The predicted molar refractivity (Wildman–Crippen MR) is 97.5 cm³/mol. The molecule has 5 atom stereocenters.